The zero-order chi connectivity index (χ0) is 15.0. The lowest BCUT2D eigenvalue weighted by molar-refractivity contribution is 0.0920. The van der Waals surface area contributed by atoms with Crippen LogP contribution in [0, 0.1) is 5.92 Å². The lowest BCUT2D eigenvalue weighted by atomic mass is 10.1. The molecule has 2 atom stereocenters. The monoisotopic (exact) mass is 343 g/mol. The molecule has 0 aliphatic heterocycles. The van der Waals surface area contributed by atoms with Crippen LogP contribution in [0.25, 0.3) is 10.1 Å². The van der Waals surface area contributed by atoms with E-state index < -0.39 is 0 Å². The van der Waals surface area contributed by atoms with E-state index in [9.17, 15) is 9.90 Å². The van der Waals surface area contributed by atoms with Gasteiger partial charge in [0, 0.05) is 33.7 Å². The molecule has 1 aliphatic rings. The molecule has 1 fully saturated rings. The van der Waals surface area contributed by atoms with Crippen LogP contribution in [-0.2, 0) is 0 Å². The number of hydrogen-bond acceptors (Lipinski definition) is 3. The van der Waals surface area contributed by atoms with Crippen LogP contribution in [0.2, 0.25) is 10.0 Å². The number of halogens is 2. The topological polar surface area (TPSA) is 49.3 Å². The molecular weight excluding hydrogens is 329 g/mol. The summed E-state index contributed by atoms with van der Waals surface area (Å²) in [7, 11) is 0. The third kappa shape index (κ3) is 2.90. The van der Waals surface area contributed by atoms with Crippen LogP contribution < -0.4 is 5.32 Å². The smallest absolute Gasteiger partial charge is 0.263 e. The van der Waals surface area contributed by atoms with Crippen molar-refractivity contribution in [3.05, 3.63) is 33.1 Å². The molecule has 1 aromatic carbocycles. The van der Waals surface area contributed by atoms with Gasteiger partial charge in [-0.25, -0.2) is 0 Å². The van der Waals surface area contributed by atoms with Crippen molar-refractivity contribution in [2.75, 3.05) is 6.61 Å². The number of rotatable bonds is 3. The lowest BCUT2D eigenvalue weighted by Crippen LogP contribution is -2.38. The zero-order valence-corrected chi connectivity index (χ0v) is 13.6. The van der Waals surface area contributed by atoms with Crippen molar-refractivity contribution < 1.29 is 9.90 Å². The van der Waals surface area contributed by atoms with Gasteiger partial charge >= 0.3 is 0 Å². The Labute approximate surface area is 136 Å². The fraction of sp³-hybridized carbons (Fsp3) is 0.400. The van der Waals surface area contributed by atoms with Crippen LogP contribution in [0.15, 0.2) is 18.2 Å². The maximum absolute atomic E-state index is 12.4. The summed E-state index contributed by atoms with van der Waals surface area (Å²) in [4.78, 5) is 12.9. The molecule has 0 saturated heterocycles. The van der Waals surface area contributed by atoms with E-state index in [0.717, 1.165) is 29.3 Å². The van der Waals surface area contributed by atoms with Gasteiger partial charge in [0.1, 0.15) is 4.88 Å². The molecular formula is C15H15Cl2NO2S. The van der Waals surface area contributed by atoms with Crippen LogP contribution in [0.3, 0.4) is 0 Å². The predicted octanol–water partition coefficient (Wildman–Crippen LogP) is 4.10. The molecule has 1 saturated carbocycles. The van der Waals surface area contributed by atoms with Crippen molar-refractivity contribution in [3.8, 4) is 0 Å². The second-order valence-electron chi connectivity index (χ2n) is 5.34. The highest BCUT2D eigenvalue weighted by Gasteiger charge is 2.29. The van der Waals surface area contributed by atoms with Gasteiger partial charge in [-0.2, -0.15) is 0 Å². The van der Waals surface area contributed by atoms with Gasteiger partial charge in [0.25, 0.3) is 5.91 Å². The second-order valence-corrected chi connectivity index (χ2v) is 7.21. The second kappa shape index (κ2) is 6.13. The minimum Gasteiger partial charge on any atom is -0.396 e. The number of benzene rings is 1. The van der Waals surface area contributed by atoms with Gasteiger partial charge in [-0.1, -0.05) is 35.7 Å². The summed E-state index contributed by atoms with van der Waals surface area (Å²) in [5.41, 5.74) is 0. The average Bonchev–Trinajstić information content (AvgIpc) is 3.03. The van der Waals surface area contributed by atoms with Crippen molar-refractivity contribution in [2.45, 2.75) is 25.3 Å². The van der Waals surface area contributed by atoms with Crippen molar-refractivity contribution in [2.24, 2.45) is 5.92 Å². The van der Waals surface area contributed by atoms with E-state index in [-0.39, 0.29) is 24.5 Å². The Balaban J connectivity index is 1.86. The van der Waals surface area contributed by atoms with Gasteiger partial charge in [-0.15, -0.1) is 11.3 Å². The van der Waals surface area contributed by atoms with Gasteiger partial charge in [-0.05, 0) is 25.0 Å². The molecule has 112 valence electrons. The molecule has 0 bridgehead atoms. The summed E-state index contributed by atoms with van der Waals surface area (Å²) in [5, 5.41) is 14.3. The van der Waals surface area contributed by atoms with Crippen molar-refractivity contribution >= 4 is 50.5 Å². The molecule has 2 unspecified atom stereocenters. The highest BCUT2D eigenvalue weighted by molar-refractivity contribution is 7.21. The van der Waals surface area contributed by atoms with Gasteiger partial charge < -0.3 is 10.4 Å². The van der Waals surface area contributed by atoms with Crippen LogP contribution in [0.5, 0.6) is 0 Å². The van der Waals surface area contributed by atoms with Gasteiger partial charge in [0.05, 0.1) is 5.02 Å². The number of thiophene rings is 1. The summed E-state index contributed by atoms with van der Waals surface area (Å²) < 4.78 is 0.905. The number of nitrogens with one attached hydrogen (secondary N) is 1. The summed E-state index contributed by atoms with van der Waals surface area (Å²) in [5.74, 6) is -0.0146. The van der Waals surface area contributed by atoms with E-state index in [4.69, 9.17) is 23.2 Å². The quantitative estimate of drug-likeness (QED) is 0.881. The SMILES string of the molecule is O=C(NC1CCCC1CO)c1sc2cc(Cl)ccc2c1Cl. The van der Waals surface area contributed by atoms with Crippen LogP contribution in [-0.4, -0.2) is 23.7 Å². The van der Waals surface area contributed by atoms with Crippen molar-refractivity contribution in [1.82, 2.24) is 5.32 Å². The zero-order valence-electron chi connectivity index (χ0n) is 11.2. The first kappa shape index (κ1) is 15.1. The fourth-order valence-electron chi connectivity index (χ4n) is 2.86. The van der Waals surface area contributed by atoms with E-state index in [1.807, 2.05) is 12.1 Å². The van der Waals surface area contributed by atoms with E-state index in [1.54, 1.807) is 6.07 Å². The van der Waals surface area contributed by atoms with Crippen LogP contribution in [0.4, 0.5) is 0 Å². The molecule has 0 radical (unpaired) electrons. The largest absolute Gasteiger partial charge is 0.396 e. The van der Waals surface area contributed by atoms with Crippen molar-refractivity contribution in [1.29, 1.82) is 0 Å². The van der Waals surface area contributed by atoms with Gasteiger partial charge in [0.15, 0.2) is 0 Å². The molecule has 3 nitrogen and oxygen atoms in total. The third-order valence-corrected chi connectivity index (χ3v) is 5.90. The number of fused-ring (bicyclic) bond motifs is 1. The highest BCUT2D eigenvalue weighted by atomic mass is 35.5. The van der Waals surface area contributed by atoms with E-state index in [1.165, 1.54) is 11.3 Å². The van der Waals surface area contributed by atoms with E-state index >= 15 is 0 Å². The first-order chi connectivity index (χ1) is 10.1. The Kier molecular flexibility index (Phi) is 4.41. The van der Waals surface area contributed by atoms with Crippen LogP contribution in [0.1, 0.15) is 28.9 Å². The maximum Gasteiger partial charge on any atom is 0.263 e. The molecule has 1 amide bonds. The number of carbonyl (C=O) groups is 1. The minimum atomic E-state index is -0.164. The molecule has 21 heavy (non-hydrogen) atoms. The van der Waals surface area contributed by atoms with Crippen molar-refractivity contribution in [3.63, 3.8) is 0 Å². The molecule has 1 aromatic heterocycles. The minimum absolute atomic E-state index is 0.0346. The molecule has 6 heteroatoms. The third-order valence-electron chi connectivity index (χ3n) is 4.01. The lowest BCUT2D eigenvalue weighted by Gasteiger charge is -2.18. The van der Waals surface area contributed by atoms with Gasteiger partial charge in [-0.3, -0.25) is 4.79 Å². The molecule has 1 heterocycles. The number of carbonyl (C=O) groups excluding carboxylic acids is 1. The van der Waals surface area contributed by atoms with Crippen LogP contribution >= 0.6 is 34.5 Å². The number of aliphatic hydroxyl groups excluding tert-OH is 1. The molecule has 1 aliphatic carbocycles. The Morgan fingerprint density at radius 3 is 2.95 bits per heavy atom. The number of amides is 1. The molecule has 0 spiro atoms. The first-order valence-electron chi connectivity index (χ1n) is 6.89. The normalized spacial score (nSPS) is 21.9. The first-order valence-corrected chi connectivity index (χ1v) is 8.46. The maximum atomic E-state index is 12.4. The molecule has 2 N–H and O–H groups in total. The Bertz CT molecular complexity index is 686. The summed E-state index contributed by atoms with van der Waals surface area (Å²) in [6.07, 6.45) is 2.90. The predicted molar refractivity (Wildman–Crippen MR) is 87.5 cm³/mol. The molecule has 3 rings (SSSR count). The Morgan fingerprint density at radius 2 is 2.19 bits per heavy atom. The fourth-order valence-corrected chi connectivity index (χ4v) is 4.56. The average molecular weight is 344 g/mol. The molecule has 2 aromatic rings. The summed E-state index contributed by atoms with van der Waals surface area (Å²) >= 11 is 13.6. The summed E-state index contributed by atoms with van der Waals surface area (Å²) in [6, 6.07) is 5.45. The standard InChI is InChI=1S/C15H15Cl2NO2S/c16-9-4-5-10-12(6-9)21-14(13(10)17)15(20)18-11-3-1-2-8(11)7-19/h4-6,8,11,19H,1-3,7H2,(H,18,20). The number of hydrogen-bond donors (Lipinski definition) is 2. The Morgan fingerprint density at radius 1 is 1.38 bits per heavy atom. The number of aliphatic hydroxyl groups is 1. The highest BCUT2D eigenvalue weighted by Crippen LogP contribution is 2.37. The summed E-state index contributed by atoms with van der Waals surface area (Å²) in [6.45, 7) is 0.112. The van der Waals surface area contributed by atoms with Gasteiger partial charge in [0.2, 0.25) is 0 Å². The Hall–Kier alpha value is -0.810. The van der Waals surface area contributed by atoms with E-state index in [0.29, 0.717) is 14.9 Å². The van der Waals surface area contributed by atoms with E-state index in [2.05, 4.69) is 5.32 Å².